The van der Waals surface area contributed by atoms with E-state index in [9.17, 15) is 9.59 Å². The lowest BCUT2D eigenvalue weighted by molar-refractivity contribution is -0.136. The van der Waals surface area contributed by atoms with Crippen molar-refractivity contribution >= 4 is 23.6 Å². The van der Waals surface area contributed by atoms with Crippen LogP contribution in [0.1, 0.15) is 33.1 Å². The molecular formula is C14H23NO3S. The molecule has 0 heterocycles. The number of carbonyl (C=O) groups excluding carboxylic acids is 1. The minimum atomic E-state index is -0.913. The van der Waals surface area contributed by atoms with E-state index in [-0.39, 0.29) is 18.9 Å². The van der Waals surface area contributed by atoms with Crippen molar-refractivity contribution in [2.75, 3.05) is 12.8 Å². The van der Waals surface area contributed by atoms with Gasteiger partial charge >= 0.3 is 5.97 Å². The highest BCUT2D eigenvalue weighted by Gasteiger charge is 2.07. The van der Waals surface area contributed by atoms with Gasteiger partial charge in [0.2, 0.25) is 0 Å². The van der Waals surface area contributed by atoms with E-state index >= 15 is 0 Å². The van der Waals surface area contributed by atoms with Gasteiger partial charge < -0.3 is 10.4 Å². The lowest BCUT2D eigenvalue weighted by Gasteiger charge is -2.04. The van der Waals surface area contributed by atoms with Crippen LogP contribution in [0.4, 0.5) is 0 Å². The van der Waals surface area contributed by atoms with E-state index < -0.39 is 5.97 Å². The maximum Gasteiger partial charge on any atom is 0.305 e. The molecular weight excluding hydrogens is 262 g/mol. The molecule has 4 nitrogen and oxygen atoms in total. The van der Waals surface area contributed by atoms with Crippen molar-refractivity contribution < 1.29 is 14.7 Å². The number of nitrogens with one attached hydrogen (secondary N) is 1. The number of carboxylic acids is 1. The molecule has 5 heteroatoms. The van der Waals surface area contributed by atoms with Gasteiger partial charge in [-0.3, -0.25) is 9.59 Å². The number of hydrogen-bond acceptors (Lipinski definition) is 3. The first kappa shape index (κ1) is 17.8. The van der Waals surface area contributed by atoms with Gasteiger partial charge in [0.05, 0.1) is 11.3 Å². The summed E-state index contributed by atoms with van der Waals surface area (Å²) < 4.78 is 0. The average Bonchev–Trinajstić information content (AvgIpc) is 2.32. The summed E-state index contributed by atoms with van der Waals surface area (Å²) in [5.41, 5.74) is 0. The third kappa shape index (κ3) is 10.4. The largest absolute Gasteiger partial charge is 0.481 e. The van der Waals surface area contributed by atoms with Gasteiger partial charge in [-0.1, -0.05) is 26.0 Å². The second kappa shape index (κ2) is 10.7. The lowest BCUT2D eigenvalue weighted by Crippen LogP contribution is -2.26. The molecule has 108 valence electrons. The molecule has 0 fully saturated rings. The Labute approximate surface area is 119 Å². The first-order valence-corrected chi connectivity index (χ1v) is 7.60. The molecule has 2 N–H and O–H groups in total. The molecule has 0 spiro atoms. The van der Waals surface area contributed by atoms with Crippen LogP contribution >= 0.6 is 11.8 Å². The second-order valence-corrected chi connectivity index (χ2v) is 5.38. The Morgan fingerprint density at radius 1 is 1.37 bits per heavy atom. The number of thioether (sulfide) groups is 1. The number of aliphatic carboxylic acids is 1. The van der Waals surface area contributed by atoms with Crippen molar-refractivity contribution in [1.29, 1.82) is 0 Å². The Morgan fingerprint density at radius 3 is 2.58 bits per heavy atom. The van der Waals surface area contributed by atoms with E-state index in [1.807, 2.05) is 18.4 Å². The summed E-state index contributed by atoms with van der Waals surface area (Å²) in [4.78, 5) is 22.6. The normalized spacial score (nSPS) is 12.1. The van der Waals surface area contributed by atoms with Crippen molar-refractivity contribution in [2.45, 2.75) is 33.1 Å². The van der Waals surface area contributed by atoms with E-state index in [1.165, 1.54) is 11.8 Å². The number of allylic oxidation sites excluding steroid dienone is 3. The van der Waals surface area contributed by atoms with Crippen molar-refractivity contribution in [1.82, 2.24) is 5.32 Å². The van der Waals surface area contributed by atoms with Crippen LogP contribution in [-0.4, -0.2) is 29.8 Å². The van der Waals surface area contributed by atoms with Gasteiger partial charge in [0.1, 0.15) is 0 Å². The van der Waals surface area contributed by atoms with E-state index in [0.29, 0.717) is 10.8 Å². The van der Waals surface area contributed by atoms with Crippen LogP contribution in [0, 0.1) is 5.92 Å². The lowest BCUT2D eigenvalue weighted by atomic mass is 10.1. The SMILES string of the molecule is CS/C(=C\C=C\CCC(C)C)C(=O)NCCC(=O)O. The Morgan fingerprint density at radius 2 is 2.05 bits per heavy atom. The number of carboxylic acid groups (broad SMARTS) is 1. The summed E-state index contributed by atoms with van der Waals surface area (Å²) in [6.07, 6.45) is 9.58. The molecule has 0 unspecified atom stereocenters. The van der Waals surface area contributed by atoms with Gasteiger partial charge in [-0.2, -0.15) is 0 Å². The standard InChI is InChI=1S/C14H23NO3S/c1-11(2)7-5-4-6-8-12(19-3)14(18)15-10-9-13(16)17/h4,6,8,11H,5,7,9-10H2,1-3H3,(H,15,18)(H,16,17)/b6-4+,12-8-. The molecule has 0 aromatic rings. The molecule has 0 saturated carbocycles. The van der Waals surface area contributed by atoms with Crippen molar-refractivity contribution in [3.05, 3.63) is 23.1 Å². The van der Waals surface area contributed by atoms with Gasteiger partial charge in [-0.05, 0) is 31.1 Å². The third-order valence-electron chi connectivity index (χ3n) is 2.36. The third-order valence-corrected chi connectivity index (χ3v) is 3.12. The van der Waals surface area contributed by atoms with Crippen molar-refractivity contribution in [2.24, 2.45) is 5.92 Å². The van der Waals surface area contributed by atoms with E-state index in [1.54, 1.807) is 6.08 Å². The molecule has 19 heavy (non-hydrogen) atoms. The number of hydrogen-bond donors (Lipinski definition) is 2. The highest BCUT2D eigenvalue weighted by atomic mass is 32.2. The fourth-order valence-corrected chi connectivity index (χ4v) is 1.76. The van der Waals surface area contributed by atoms with Crippen molar-refractivity contribution in [3.63, 3.8) is 0 Å². The fraction of sp³-hybridized carbons (Fsp3) is 0.571. The minimum Gasteiger partial charge on any atom is -0.481 e. The number of rotatable bonds is 9. The molecule has 0 radical (unpaired) electrons. The summed E-state index contributed by atoms with van der Waals surface area (Å²) in [6.45, 7) is 4.50. The topological polar surface area (TPSA) is 66.4 Å². The molecule has 0 aromatic heterocycles. The van der Waals surface area contributed by atoms with Gasteiger partial charge in [-0.25, -0.2) is 0 Å². The summed E-state index contributed by atoms with van der Waals surface area (Å²) in [5, 5.41) is 11.1. The first-order valence-electron chi connectivity index (χ1n) is 6.38. The predicted octanol–water partition coefficient (Wildman–Crippen LogP) is 2.82. The quantitative estimate of drug-likeness (QED) is 0.505. The zero-order valence-corrected chi connectivity index (χ0v) is 12.6. The van der Waals surface area contributed by atoms with Gasteiger partial charge in [-0.15, -0.1) is 11.8 Å². The Bertz CT molecular complexity index is 349. The molecule has 1 amide bonds. The molecule has 0 atom stereocenters. The Hall–Kier alpha value is -1.23. The predicted molar refractivity (Wildman–Crippen MR) is 80.1 cm³/mol. The van der Waals surface area contributed by atoms with Crippen LogP contribution < -0.4 is 5.32 Å². The van der Waals surface area contributed by atoms with E-state index in [0.717, 1.165) is 12.8 Å². The smallest absolute Gasteiger partial charge is 0.305 e. The number of carbonyl (C=O) groups is 2. The van der Waals surface area contributed by atoms with Gasteiger partial charge in [0.15, 0.2) is 0 Å². The van der Waals surface area contributed by atoms with Crippen LogP contribution in [0.3, 0.4) is 0 Å². The molecule has 0 aliphatic rings. The van der Waals surface area contributed by atoms with Gasteiger partial charge in [0.25, 0.3) is 5.91 Å². The van der Waals surface area contributed by atoms with Crippen LogP contribution in [-0.2, 0) is 9.59 Å². The molecule has 0 bridgehead atoms. The fourth-order valence-electron chi connectivity index (χ4n) is 1.29. The monoisotopic (exact) mass is 285 g/mol. The first-order chi connectivity index (χ1) is 8.97. The molecule has 0 aromatic carbocycles. The molecule has 0 rings (SSSR count). The maximum atomic E-state index is 11.7. The number of amides is 1. The van der Waals surface area contributed by atoms with Crippen molar-refractivity contribution in [3.8, 4) is 0 Å². The van der Waals surface area contributed by atoms with E-state index in [2.05, 4.69) is 19.2 Å². The average molecular weight is 285 g/mol. The van der Waals surface area contributed by atoms with Crippen LogP contribution in [0.2, 0.25) is 0 Å². The molecule has 0 saturated heterocycles. The van der Waals surface area contributed by atoms with E-state index in [4.69, 9.17) is 5.11 Å². The summed E-state index contributed by atoms with van der Waals surface area (Å²) >= 11 is 1.35. The maximum absolute atomic E-state index is 11.7. The van der Waals surface area contributed by atoms with Gasteiger partial charge in [0, 0.05) is 6.54 Å². The van der Waals surface area contributed by atoms with Crippen LogP contribution in [0.5, 0.6) is 0 Å². The second-order valence-electron chi connectivity index (χ2n) is 4.53. The highest BCUT2D eigenvalue weighted by molar-refractivity contribution is 8.03. The highest BCUT2D eigenvalue weighted by Crippen LogP contribution is 2.12. The minimum absolute atomic E-state index is 0.0579. The zero-order valence-electron chi connectivity index (χ0n) is 11.8. The van der Waals surface area contributed by atoms with Crippen LogP contribution in [0.15, 0.2) is 23.1 Å². The Kier molecular flexibility index (Phi) is 9.98. The summed E-state index contributed by atoms with van der Waals surface area (Å²) in [6, 6.07) is 0. The molecule has 0 aliphatic carbocycles. The summed E-state index contributed by atoms with van der Waals surface area (Å²) in [7, 11) is 0. The Balaban J connectivity index is 4.15. The molecule has 0 aliphatic heterocycles. The zero-order chi connectivity index (χ0) is 14.7. The summed E-state index contributed by atoms with van der Waals surface area (Å²) in [5.74, 6) is -0.459. The van der Waals surface area contributed by atoms with Crippen LogP contribution in [0.25, 0.3) is 0 Å².